The van der Waals surface area contributed by atoms with Crippen LogP contribution in [0.1, 0.15) is 48.6 Å². The number of nitrogens with zero attached hydrogens (tertiary/aromatic N) is 1. The second kappa shape index (κ2) is 10.5. The molecular weight excluding hydrogens is 474 g/mol. The molecule has 3 aromatic rings. The Balaban J connectivity index is 1.81. The molecule has 0 bridgehead atoms. The molecule has 10 heteroatoms. The number of methoxy groups -OCH3 is 1. The van der Waals surface area contributed by atoms with Crippen molar-refractivity contribution in [1.29, 1.82) is 0 Å². The minimum absolute atomic E-state index is 0.0910. The first-order chi connectivity index (χ1) is 15.9. The zero-order valence-corrected chi connectivity index (χ0v) is 21.2. The summed E-state index contributed by atoms with van der Waals surface area (Å²) in [5.74, 6) is 0.696. The Hall–Kier alpha value is -2.95. The lowest BCUT2D eigenvalue weighted by atomic mass is 9.94. The second-order valence-corrected chi connectivity index (χ2v) is 11.0. The third-order valence-corrected chi connectivity index (χ3v) is 6.51. The van der Waals surface area contributed by atoms with Crippen molar-refractivity contribution in [3.63, 3.8) is 0 Å². The molecule has 1 atom stereocenters. The van der Waals surface area contributed by atoms with E-state index in [0.717, 1.165) is 27.6 Å². The molecule has 182 valence electrons. The van der Waals surface area contributed by atoms with Crippen LogP contribution < -0.4 is 14.8 Å². The molecule has 0 fully saturated rings. The van der Waals surface area contributed by atoms with E-state index >= 15 is 0 Å². The Labute approximate surface area is 204 Å². The van der Waals surface area contributed by atoms with E-state index in [1.165, 1.54) is 11.3 Å². The summed E-state index contributed by atoms with van der Waals surface area (Å²) in [4.78, 5) is 17.6. The van der Waals surface area contributed by atoms with Gasteiger partial charge in [0.2, 0.25) is 5.91 Å². The third-order valence-electron chi connectivity index (χ3n) is 5.01. The Morgan fingerprint density at radius 1 is 1.15 bits per heavy atom. The van der Waals surface area contributed by atoms with Gasteiger partial charge in [0.15, 0.2) is 0 Å². The predicted molar refractivity (Wildman–Crippen MR) is 134 cm³/mol. The second-order valence-electron chi connectivity index (χ2n) is 8.96. The van der Waals surface area contributed by atoms with E-state index in [1.54, 1.807) is 31.4 Å². The summed E-state index contributed by atoms with van der Waals surface area (Å²) < 4.78 is 38.3. The molecule has 0 aliphatic rings. The van der Waals surface area contributed by atoms with Gasteiger partial charge in [-0.05, 0) is 41.8 Å². The van der Waals surface area contributed by atoms with Gasteiger partial charge in [0.25, 0.3) is 0 Å². The van der Waals surface area contributed by atoms with Crippen molar-refractivity contribution in [2.75, 3.05) is 11.8 Å². The molecule has 1 heterocycles. The summed E-state index contributed by atoms with van der Waals surface area (Å²) in [6, 6.07) is 14.1. The molecule has 1 amide bonds. The molecule has 3 N–H and O–H groups in total. The molecule has 3 rings (SSSR count). The lowest BCUT2D eigenvalue weighted by Gasteiger charge is -2.23. The van der Waals surface area contributed by atoms with E-state index in [4.69, 9.17) is 14.3 Å². The van der Waals surface area contributed by atoms with Gasteiger partial charge < -0.3 is 10.1 Å². The van der Waals surface area contributed by atoms with Gasteiger partial charge in [-0.15, -0.1) is 11.3 Å². The summed E-state index contributed by atoms with van der Waals surface area (Å²) in [5.41, 5.74) is 2.53. The first-order valence-electron chi connectivity index (χ1n) is 10.7. The third kappa shape index (κ3) is 7.54. The van der Waals surface area contributed by atoms with E-state index in [1.807, 2.05) is 55.1 Å². The van der Waals surface area contributed by atoms with Crippen LogP contribution in [-0.2, 0) is 27.9 Å². The van der Waals surface area contributed by atoms with E-state index in [9.17, 15) is 13.2 Å². The molecule has 8 nitrogen and oxygen atoms in total. The number of anilines is 1. The van der Waals surface area contributed by atoms with Crippen LogP contribution >= 0.6 is 11.3 Å². The lowest BCUT2D eigenvalue weighted by Crippen LogP contribution is -2.38. The summed E-state index contributed by atoms with van der Waals surface area (Å²) in [6.07, 6.45) is 1.11. The number of ether oxygens (including phenoxy) is 1. The highest BCUT2D eigenvalue weighted by Crippen LogP contribution is 2.27. The molecule has 2 aromatic carbocycles. The molecule has 1 aromatic heterocycles. The molecular formula is C24H29N3O5S2. The van der Waals surface area contributed by atoms with Gasteiger partial charge in [-0.1, -0.05) is 45.0 Å². The number of rotatable bonds is 9. The molecule has 0 saturated heterocycles. The average molecular weight is 504 g/mol. The van der Waals surface area contributed by atoms with Gasteiger partial charge in [-0.25, -0.2) is 4.98 Å². The largest absolute Gasteiger partial charge is 0.497 e. The van der Waals surface area contributed by atoms with Gasteiger partial charge in [0.1, 0.15) is 10.8 Å². The summed E-state index contributed by atoms with van der Waals surface area (Å²) in [7, 11) is -2.71. The number of hydrogen-bond donors (Lipinski definition) is 3. The Bertz CT molecular complexity index is 1230. The average Bonchev–Trinajstić information content (AvgIpc) is 3.21. The van der Waals surface area contributed by atoms with Gasteiger partial charge >= 0.3 is 10.3 Å². The maximum atomic E-state index is 12.8. The molecule has 0 spiro atoms. The molecule has 0 aliphatic heterocycles. The highest BCUT2D eigenvalue weighted by molar-refractivity contribution is 7.87. The highest BCUT2D eigenvalue weighted by atomic mass is 32.2. The normalized spacial score (nSPS) is 12.7. The summed E-state index contributed by atoms with van der Waals surface area (Å²) in [6.45, 7) is 5.56. The Kier molecular flexibility index (Phi) is 7.96. The van der Waals surface area contributed by atoms with E-state index in [0.29, 0.717) is 12.8 Å². The van der Waals surface area contributed by atoms with Gasteiger partial charge in [0, 0.05) is 17.2 Å². The SMILES string of the molecule is COc1cccc(Cc2csc(C(Cc3ccc(NS(=O)(=O)O)cc3)NC(=O)C(C)(C)C)n2)c1. The van der Waals surface area contributed by atoms with Crippen LogP contribution in [0.15, 0.2) is 53.9 Å². The molecule has 1 unspecified atom stereocenters. The minimum Gasteiger partial charge on any atom is -0.497 e. The number of amides is 1. The zero-order chi connectivity index (χ0) is 24.9. The van der Waals surface area contributed by atoms with E-state index < -0.39 is 15.7 Å². The van der Waals surface area contributed by atoms with Crippen molar-refractivity contribution in [1.82, 2.24) is 10.3 Å². The Morgan fingerprint density at radius 2 is 1.85 bits per heavy atom. The number of hydrogen-bond acceptors (Lipinski definition) is 6. The minimum atomic E-state index is -4.34. The van der Waals surface area contributed by atoms with Crippen LogP contribution in [0.2, 0.25) is 0 Å². The van der Waals surface area contributed by atoms with E-state index in [-0.39, 0.29) is 17.6 Å². The maximum Gasteiger partial charge on any atom is 0.357 e. The zero-order valence-electron chi connectivity index (χ0n) is 19.5. The van der Waals surface area contributed by atoms with Crippen LogP contribution in [0.4, 0.5) is 5.69 Å². The fourth-order valence-corrected chi connectivity index (χ4v) is 4.53. The quantitative estimate of drug-likeness (QED) is 0.373. The van der Waals surface area contributed by atoms with Crippen LogP contribution in [0.5, 0.6) is 5.75 Å². The molecule has 0 saturated carbocycles. The predicted octanol–water partition coefficient (Wildman–Crippen LogP) is 4.40. The number of aromatic nitrogens is 1. The van der Waals surface area contributed by atoms with Gasteiger partial charge in [-0.2, -0.15) is 8.42 Å². The number of carbonyl (C=O) groups excluding carboxylic acids is 1. The molecule has 34 heavy (non-hydrogen) atoms. The number of carbonyl (C=O) groups is 1. The number of benzene rings is 2. The Morgan fingerprint density at radius 3 is 2.47 bits per heavy atom. The number of thiazole rings is 1. The van der Waals surface area contributed by atoms with E-state index in [2.05, 4.69) is 5.32 Å². The lowest BCUT2D eigenvalue weighted by molar-refractivity contribution is -0.129. The van der Waals surface area contributed by atoms with Crippen molar-refractivity contribution < 1.29 is 22.5 Å². The van der Waals surface area contributed by atoms with Gasteiger partial charge in [0.05, 0.1) is 24.5 Å². The van der Waals surface area contributed by atoms with Crippen LogP contribution in [0.25, 0.3) is 0 Å². The van der Waals surface area contributed by atoms with Crippen molar-refractivity contribution in [3.05, 3.63) is 75.7 Å². The van der Waals surface area contributed by atoms with Crippen LogP contribution in [-0.4, -0.2) is 31.0 Å². The van der Waals surface area contributed by atoms with Crippen molar-refractivity contribution >= 4 is 33.2 Å². The first-order valence-corrected chi connectivity index (χ1v) is 13.0. The number of nitrogens with one attached hydrogen (secondary N) is 2. The summed E-state index contributed by atoms with van der Waals surface area (Å²) in [5, 5.41) is 5.89. The van der Waals surface area contributed by atoms with Crippen molar-refractivity contribution in [2.45, 2.75) is 39.7 Å². The van der Waals surface area contributed by atoms with Crippen LogP contribution in [0.3, 0.4) is 0 Å². The molecule has 0 radical (unpaired) electrons. The van der Waals surface area contributed by atoms with Gasteiger partial charge in [-0.3, -0.25) is 14.1 Å². The van der Waals surface area contributed by atoms with Crippen molar-refractivity contribution in [2.24, 2.45) is 5.41 Å². The smallest absolute Gasteiger partial charge is 0.357 e. The highest BCUT2D eigenvalue weighted by Gasteiger charge is 2.26. The fraction of sp³-hybridized carbons (Fsp3) is 0.333. The monoisotopic (exact) mass is 503 g/mol. The topological polar surface area (TPSA) is 118 Å². The fourth-order valence-electron chi connectivity index (χ4n) is 3.22. The first kappa shape index (κ1) is 25.7. The summed E-state index contributed by atoms with van der Waals surface area (Å²) >= 11 is 1.49. The molecule has 0 aliphatic carbocycles. The van der Waals surface area contributed by atoms with Crippen molar-refractivity contribution in [3.8, 4) is 5.75 Å². The standard InChI is InChI=1S/C24H29N3O5S2/c1-24(2,3)23(28)26-21(14-16-8-10-18(11-9-16)27-34(29,30)31)22-25-19(15-33-22)12-17-6-5-7-20(13-17)32-4/h5-11,13,15,21,27H,12,14H2,1-4H3,(H,26,28)(H,29,30,31). The maximum absolute atomic E-state index is 12.8. The van der Waals surface area contributed by atoms with Crippen LogP contribution in [0, 0.1) is 5.41 Å².